The molecule has 1 amide bonds. The molecule has 6 heteroatoms. The average molecular weight is 297 g/mol. The molecule has 120 valence electrons. The van der Waals surface area contributed by atoms with Crippen molar-refractivity contribution in [1.82, 2.24) is 10.2 Å². The van der Waals surface area contributed by atoms with Gasteiger partial charge in [-0.05, 0) is 13.5 Å². The van der Waals surface area contributed by atoms with E-state index in [1.54, 1.807) is 0 Å². The lowest BCUT2D eigenvalue weighted by Gasteiger charge is -2.60. The first-order valence-electron chi connectivity index (χ1n) is 7.86. The maximum atomic E-state index is 12.7. The van der Waals surface area contributed by atoms with Gasteiger partial charge in [0.05, 0.1) is 18.8 Å². The molecule has 2 saturated heterocycles. The van der Waals surface area contributed by atoms with Crippen LogP contribution in [0.15, 0.2) is 0 Å². The Balaban J connectivity index is 1.60. The van der Waals surface area contributed by atoms with Crippen molar-refractivity contribution in [2.45, 2.75) is 38.0 Å². The molecule has 0 aromatic carbocycles. The molecule has 3 aliphatic rings. The average Bonchev–Trinajstić information content (AvgIpc) is 2.92. The summed E-state index contributed by atoms with van der Waals surface area (Å²) in [6.45, 7) is 7.80. The molecular formula is C15H27N3O3. The van der Waals surface area contributed by atoms with Crippen molar-refractivity contribution in [3.8, 4) is 0 Å². The number of hydrogen-bond donors (Lipinski definition) is 2. The molecule has 3 N–H and O–H groups in total. The van der Waals surface area contributed by atoms with E-state index < -0.39 is 5.54 Å². The van der Waals surface area contributed by atoms with Gasteiger partial charge in [0.25, 0.3) is 0 Å². The number of amides is 1. The third-order valence-electron chi connectivity index (χ3n) is 5.66. The first-order valence-corrected chi connectivity index (χ1v) is 7.86. The van der Waals surface area contributed by atoms with E-state index in [0.717, 1.165) is 26.1 Å². The van der Waals surface area contributed by atoms with E-state index >= 15 is 0 Å². The highest BCUT2D eigenvalue weighted by atomic mass is 16.5. The normalized spacial score (nSPS) is 42.2. The lowest BCUT2D eigenvalue weighted by atomic mass is 9.48. The van der Waals surface area contributed by atoms with Gasteiger partial charge in [0, 0.05) is 37.6 Å². The highest BCUT2D eigenvalue weighted by molar-refractivity contribution is 5.89. The van der Waals surface area contributed by atoms with Crippen LogP contribution >= 0.6 is 0 Å². The molecule has 4 atom stereocenters. The van der Waals surface area contributed by atoms with Gasteiger partial charge in [-0.2, -0.15) is 0 Å². The lowest BCUT2D eigenvalue weighted by Crippen LogP contribution is -2.80. The fourth-order valence-corrected chi connectivity index (χ4v) is 4.19. The molecule has 3 rings (SSSR count). The molecule has 3 fully saturated rings. The molecule has 2 heterocycles. The van der Waals surface area contributed by atoms with Crippen molar-refractivity contribution in [2.24, 2.45) is 17.1 Å². The van der Waals surface area contributed by atoms with Crippen LogP contribution in [0, 0.1) is 11.3 Å². The molecule has 0 radical (unpaired) electrons. The number of nitrogens with one attached hydrogen (secondary N) is 1. The first kappa shape index (κ1) is 15.2. The summed E-state index contributed by atoms with van der Waals surface area (Å²) in [5.74, 6) is 0.0820. The smallest absolute Gasteiger partial charge is 0.241 e. The molecule has 0 aromatic rings. The van der Waals surface area contributed by atoms with Gasteiger partial charge >= 0.3 is 0 Å². The predicted octanol–water partition coefficient (Wildman–Crippen LogP) is -0.424. The topological polar surface area (TPSA) is 76.8 Å². The molecule has 6 nitrogen and oxygen atoms in total. The molecule has 0 spiro atoms. The maximum Gasteiger partial charge on any atom is 0.241 e. The maximum absolute atomic E-state index is 12.7. The Hall–Kier alpha value is -0.690. The summed E-state index contributed by atoms with van der Waals surface area (Å²) < 4.78 is 11.4. The number of likely N-dealkylation sites (N-methyl/N-ethyl adjacent to an activating group) is 1. The molecular weight excluding hydrogens is 270 g/mol. The van der Waals surface area contributed by atoms with Gasteiger partial charge in [0.15, 0.2) is 0 Å². The summed E-state index contributed by atoms with van der Waals surface area (Å²) in [6, 6.07) is 0. The zero-order valence-electron chi connectivity index (χ0n) is 13.2. The fraction of sp³-hybridized carbons (Fsp3) is 0.933. The number of nitrogens with two attached hydrogens (primary N) is 1. The van der Waals surface area contributed by atoms with Gasteiger partial charge in [-0.15, -0.1) is 0 Å². The Morgan fingerprint density at radius 3 is 2.86 bits per heavy atom. The second-order valence-electron chi connectivity index (χ2n) is 7.24. The Labute approximate surface area is 126 Å². The van der Waals surface area contributed by atoms with Crippen LogP contribution in [0.5, 0.6) is 0 Å². The molecule has 21 heavy (non-hydrogen) atoms. The number of nitrogens with zero attached hydrogens (tertiary/aromatic N) is 1. The SMILES string of the molecule is CN1CCOC(CNC(=O)C2(N)C3CCOC3C2(C)C)C1. The second-order valence-corrected chi connectivity index (χ2v) is 7.24. The third-order valence-corrected chi connectivity index (χ3v) is 5.66. The zero-order chi connectivity index (χ0) is 15.3. The largest absolute Gasteiger partial charge is 0.377 e. The summed E-state index contributed by atoms with van der Waals surface area (Å²) in [4.78, 5) is 14.9. The number of hydrogen-bond acceptors (Lipinski definition) is 5. The van der Waals surface area contributed by atoms with Crippen LogP contribution in [-0.4, -0.2) is 68.4 Å². The van der Waals surface area contributed by atoms with E-state index in [9.17, 15) is 4.79 Å². The lowest BCUT2D eigenvalue weighted by molar-refractivity contribution is -0.176. The Morgan fingerprint density at radius 1 is 1.38 bits per heavy atom. The molecule has 0 bridgehead atoms. The van der Waals surface area contributed by atoms with Crippen LogP contribution in [0.1, 0.15) is 20.3 Å². The van der Waals surface area contributed by atoms with Crippen LogP contribution in [0.25, 0.3) is 0 Å². The van der Waals surface area contributed by atoms with Crippen molar-refractivity contribution in [2.75, 3.05) is 39.9 Å². The number of carbonyl (C=O) groups is 1. The standard InChI is InChI=1S/C15H27N3O3/c1-14(2)12-11(4-6-21-12)15(14,16)13(19)17-8-10-9-18(3)5-7-20-10/h10-12H,4-9,16H2,1-3H3,(H,17,19). The first-order chi connectivity index (χ1) is 9.87. The number of rotatable bonds is 3. The minimum absolute atomic E-state index is 0.0510. The zero-order valence-corrected chi connectivity index (χ0v) is 13.2. The number of ether oxygens (including phenoxy) is 2. The van der Waals surface area contributed by atoms with E-state index in [1.165, 1.54) is 0 Å². The van der Waals surface area contributed by atoms with E-state index in [-0.39, 0.29) is 29.4 Å². The summed E-state index contributed by atoms with van der Waals surface area (Å²) in [6.07, 6.45) is 1.04. The summed E-state index contributed by atoms with van der Waals surface area (Å²) in [5.41, 5.74) is 5.37. The number of carbonyl (C=O) groups excluding carboxylic acids is 1. The molecule has 2 aliphatic heterocycles. The van der Waals surface area contributed by atoms with Crippen LogP contribution in [0.2, 0.25) is 0 Å². The van der Waals surface area contributed by atoms with Crippen LogP contribution in [0.4, 0.5) is 0 Å². The van der Waals surface area contributed by atoms with Crippen molar-refractivity contribution in [3.05, 3.63) is 0 Å². The van der Waals surface area contributed by atoms with Crippen molar-refractivity contribution >= 4 is 5.91 Å². The predicted molar refractivity (Wildman–Crippen MR) is 78.8 cm³/mol. The third kappa shape index (κ3) is 2.20. The van der Waals surface area contributed by atoms with E-state index in [2.05, 4.69) is 17.3 Å². The Bertz CT molecular complexity index is 428. The van der Waals surface area contributed by atoms with Crippen molar-refractivity contribution in [3.63, 3.8) is 0 Å². The number of morpholine rings is 1. The summed E-state index contributed by atoms with van der Waals surface area (Å²) in [7, 11) is 2.07. The van der Waals surface area contributed by atoms with E-state index in [0.29, 0.717) is 13.2 Å². The summed E-state index contributed by atoms with van der Waals surface area (Å²) in [5, 5.41) is 3.01. The molecule has 1 aliphatic carbocycles. The Morgan fingerprint density at radius 2 is 2.14 bits per heavy atom. The highest BCUT2D eigenvalue weighted by Gasteiger charge is 2.71. The van der Waals surface area contributed by atoms with Gasteiger partial charge < -0.3 is 25.4 Å². The minimum atomic E-state index is -0.825. The molecule has 0 aromatic heterocycles. The van der Waals surface area contributed by atoms with Gasteiger partial charge in [-0.1, -0.05) is 13.8 Å². The fourth-order valence-electron chi connectivity index (χ4n) is 4.19. The second kappa shape index (κ2) is 5.19. The van der Waals surface area contributed by atoms with E-state index in [4.69, 9.17) is 15.2 Å². The monoisotopic (exact) mass is 297 g/mol. The van der Waals surface area contributed by atoms with Crippen LogP contribution < -0.4 is 11.1 Å². The van der Waals surface area contributed by atoms with Crippen molar-refractivity contribution in [1.29, 1.82) is 0 Å². The van der Waals surface area contributed by atoms with E-state index in [1.807, 2.05) is 13.8 Å². The van der Waals surface area contributed by atoms with Crippen LogP contribution in [-0.2, 0) is 14.3 Å². The van der Waals surface area contributed by atoms with Gasteiger partial charge in [-0.3, -0.25) is 4.79 Å². The highest BCUT2D eigenvalue weighted by Crippen LogP contribution is 2.58. The van der Waals surface area contributed by atoms with Gasteiger partial charge in [0.2, 0.25) is 5.91 Å². The molecule has 4 unspecified atom stereocenters. The Kier molecular flexibility index (Phi) is 3.76. The van der Waals surface area contributed by atoms with Crippen LogP contribution in [0.3, 0.4) is 0 Å². The van der Waals surface area contributed by atoms with Crippen molar-refractivity contribution < 1.29 is 14.3 Å². The number of fused-ring (bicyclic) bond motifs is 1. The van der Waals surface area contributed by atoms with Gasteiger partial charge in [-0.25, -0.2) is 0 Å². The summed E-state index contributed by atoms with van der Waals surface area (Å²) >= 11 is 0. The van der Waals surface area contributed by atoms with Gasteiger partial charge in [0.1, 0.15) is 5.54 Å². The quantitative estimate of drug-likeness (QED) is 0.739. The molecule has 1 saturated carbocycles. The minimum Gasteiger partial charge on any atom is -0.377 e.